The Hall–Kier alpha value is -1.64. The van der Waals surface area contributed by atoms with Crippen molar-refractivity contribution < 1.29 is 14.3 Å². The van der Waals surface area contributed by atoms with Gasteiger partial charge in [0.2, 0.25) is 0 Å². The average molecular weight is 194 g/mol. The maximum Gasteiger partial charge on any atom is 0.313 e. The number of carbonyl (C=O) groups excluding carboxylic acids is 2. The van der Waals surface area contributed by atoms with Crippen LogP contribution in [0.1, 0.15) is 13.3 Å². The van der Waals surface area contributed by atoms with Crippen molar-refractivity contribution in [2.75, 3.05) is 6.61 Å². The topological polar surface area (TPSA) is 43.4 Å². The van der Waals surface area contributed by atoms with Crippen LogP contribution in [0.2, 0.25) is 0 Å². The van der Waals surface area contributed by atoms with Gasteiger partial charge in [0, 0.05) is 5.57 Å². The Morgan fingerprint density at radius 1 is 1.36 bits per heavy atom. The third-order valence-electron chi connectivity index (χ3n) is 1.45. The Morgan fingerprint density at radius 2 is 2.00 bits per heavy atom. The van der Waals surface area contributed by atoms with Gasteiger partial charge in [-0.15, -0.1) is 0 Å². The molecule has 0 aliphatic rings. The van der Waals surface area contributed by atoms with E-state index in [0.29, 0.717) is 5.57 Å². The van der Waals surface area contributed by atoms with Gasteiger partial charge >= 0.3 is 5.97 Å². The van der Waals surface area contributed by atoms with E-state index in [0.717, 1.165) is 0 Å². The van der Waals surface area contributed by atoms with Gasteiger partial charge in [-0.3, -0.25) is 9.59 Å². The smallest absolute Gasteiger partial charge is 0.313 e. The highest BCUT2D eigenvalue weighted by Gasteiger charge is 2.12. The van der Waals surface area contributed by atoms with Gasteiger partial charge in [-0.1, -0.05) is 31.4 Å². The van der Waals surface area contributed by atoms with Crippen molar-refractivity contribution in [1.29, 1.82) is 0 Å². The maximum absolute atomic E-state index is 11.4. The minimum absolute atomic E-state index is 0.250. The predicted octanol–water partition coefficient (Wildman–Crippen LogP) is 1.81. The lowest BCUT2D eigenvalue weighted by molar-refractivity contribution is -0.144. The lowest BCUT2D eigenvalue weighted by atomic mass is 10.1. The molecule has 0 spiro atoms. The number of ketones is 1. The lowest BCUT2D eigenvalue weighted by Crippen LogP contribution is -2.12. The largest absolute Gasteiger partial charge is 0.466 e. The first kappa shape index (κ1) is 12.4. The molecule has 0 aromatic rings. The first-order valence-electron chi connectivity index (χ1n) is 4.29. The van der Waals surface area contributed by atoms with Crippen LogP contribution in [-0.4, -0.2) is 18.4 Å². The molecule has 3 nitrogen and oxygen atoms in total. The molecule has 3 heteroatoms. The number of Topliss-reactive ketones (excluding diaryl/α,β-unsaturated/α-hetero) is 1. The van der Waals surface area contributed by atoms with Crippen LogP contribution in [0.3, 0.4) is 0 Å². The van der Waals surface area contributed by atoms with Crippen LogP contribution in [0, 0.1) is 0 Å². The summed E-state index contributed by atoms with van der Waals surface area (Å²) in [4.78, 5) is 22.3. The second-order valence-electron chi connectivity index (χ2n) is 2.47. The molecule has 0 rings (SSSR count). The summed E-state index contributed by atoms with van der Waals surface area (Å²) in [6.45, 7) is 8.89. The van der Waals surface area contributed by atoms with Gasteiger partial charge in [-0.25, -0.2) is 0 Å². The van der Waals surface area contributed by atoms with E-state index < -0.39 is 5.97 Å². The van der Waals surface area contributed by atoms with E-state index in [1.807, 2.05) is 0 Å². The molecule has 0 radical (unpaired) electrons. The summed E-state index contributed by atoms with van der Waals surface area (Å²) < 4.78 is 4.64. The van der Waals surface area contributed by atoms with Crippen LogP contribution in [-0.2, 0) is 14.3 Å². The molecular weight excluding hydrogens is 180 g/mol. The Labute approximate surface area is 83.8 Å². The van der Waals surface area contributed by atoms with Crippen molar-refractivity contribution in [3.05, 3.63) is 37.0 Å². The molecule has 0 unspecified atom stereocenters. The van der Waals surface area contributed by atoms with Crippen LogP contribution in [0.25, 0.3) is 0 Å². The number of carbonyl (C=O) groups is 2. The zero-order chi connectivity index (χ0) is 11.0. The summed E-state index contributed by atoms with van der Waals surface area (Å²) in [6.07, 6.45) is 4.12. The van der Waals surface area contributed by atoms with Crippen molar-refractivity contribution in [1.82, 2.24) is 0 Å². The fraction of sp³-hybridized carbons (Fsp3) is 0.273. The highest BCUT2D eigenvalue weighted by Crippen LogP contribution is 2.03. The molecule has 0 aliphatic carbocycles. The molecule has 0 heterocycles. The molecule has 76 valence electrons. The van der Waals surface area contributed by atoms with Gasteiger partial charge in [0.25, 0.3) is 0 Å². The van der Waals surface area contributed by atoms with Gasteiger partial charge in [0.1, 0.15) is 6.42 Å². The van der Waals surface area contributed by atoms with Crippen molar-refractivity contribution in [3.63, 3.8) is 0 Å². The molecule has 0 bridgehead atoms. The minimum atomic E-state index is -0.519. The van der Waals surface area contributed by atoms with Gasteiger partial charge < -0.3 is 4.74 Å². The predicted molar refractivity (Wildman–Crippen MR) is 54.7 cm³/mol. The maximum atomic E-state index is 11.4. The molecule has 0 saturated heterocycles. The molecule has 0 fully saturated rings. The molecular formula is C11H14O3. The summed E-state index contributed by atoms with van der Waals surface area (Å²) in [6, 6.07) is 0. The Bertz CT molecular complexity index is 274. The van der Waals surface area contributed by atoms with E-state index in [2.05, 4.69) is 17.9 Å². The highest BCUT2D eigenvalue weighted by atomic mass is 16.5. The number of esters is 1. The first-order valence-corrected chi connectivity index (χ1v) is 4.29. The summed E-state index contributed by atoms with van der Waals surface area (Å²) in [7, 11) is 0. The number of hydrogen-bond acceptors (Lipinski definition) is 3. The van der Waals surface area contributed by atoms with Crippen LogP contribution in [0.5, 0.6) is 0 Å². The summed E-state index contributed by atoms with van der Waals surface area (Å²) in [5.41, 5.74) is 0.369. The van der Waals surface area contributed by atoms with E-state index >= 15 is 0 Å². The second-order valence-corrected chi connectivity index (χ2v) is 2.47. The minimum Gasteiger partial charge on any atom is -0.466 e. The van der Waals surface area contributed by atoms with Gasteiger partial charge in [0.15, 0.2) is 5.78 Å². The van der Waals surface area contributed by atoms with Crippen molar-refractivity contribution in [2.24, 2.45) is 0 Å². The normalized spacial score (nSPS) is 10.5. The third-order valence-corrected chi connectivity index (χ3v) is 1.45. The van der Waals surface area contributed by atoms with Crippen LogP contribution in [0.4, 0.5) is 0 Å². The fourth-order valence-corrected chi connectivity index (χ4v) is 0.847. The van der Waals surface area contributed by atoms with Gasteiger partial charge in [-0.2, -0.15) is 0 Å². The third kappa shape index (κ3) is 4.40. The fourth-order valence-electron chi connectivity index (χ4n) is 0.847. The van der Waals surface area contributed by atoms with E-state index in [1.165, 1.54) is 18.2 Å². The standard InChI is InChI=1S/C11H14O3/c1-4-7-9(5-2)10(12)8-11(13)14-6-3/h4-5,7H,1-2,6,8H2,3H3/b9-7+. The zero-order valence-corrected chi connectivity index (χ0v) is 8.29. The molecule has 0 aromatic heterocycles. The van der Waals surface area contributed by atoms with E-state index in [4.69, 9.17) is 0 Å². The van der Waals surface area contributed by atoms with E-state index in [9.17, 15) is 9.59 Å². The number of hydrogen-bond donors (Lipinski definition) is 0. The van der Waals surface area contributed by atoms with Crippen molar-refractivity contribution in [2.45, 2.75) is 13.3 Å². The molecule has 0 atom stereocenters. The number of allylic oxidation sites excluding steroid dienone is 4. The highest BCUT2D eigenvalue weighted by molar-refractivity contribution is 6.07. The number of ether oxygens (including phenoxy) is 1. The van der Waals surface area contributed by atoms with Crippen LogP contribution >= 0.6 is 0 Å². The van der Waals surface area contributed by atoms with Crippen LogP contribution < -0.4 is 0 Å². The Balaban J connectivity index is 4.32. The average Bonchev–Trinajstić information content (AvgIpc) is 2.14. The second kappa shape index (κ2) is 6.83. The van der Waals surface area contributed by atoms with Crippen molar-refractivity contribution >= 4 is 11.8 Å². The molecule has 0 N–H and O–H groups in total. The number of rotatable bonds is 6. The van der Waals surface area contributed by atoms with E-state index in [1.54, 1.807) is 6.92 Å². The molecule has 0 aromatic carbocycles. The molecule has 0 amide bonds. The SMILES string of the molecule is C=C/C=C(\C=C)C(=O)CC(=O)OCC. The van der Waals surface area contributed by atoms with Crippen LogP contribution in [0.15, 0.2) is 37.0 Å². The quantitative estimate of drug-likeness (QED) is 0.280. The molecule has 0 saturated carbocycles. The Kier molecular flexibility index (Phi) is 6.03. The summed E-state index contributed by atoms with van der Waals surface area (Å²) in [5, 5.41) is 0. The van der Waals surface area contributed by atoms with Gasteiger partial charge in [0.05, 0.1) is 6.61 Å². The van der Waals surface area contributed by atoms with Gasteiger partial charge in [-0.05, 0) is 6.92 Å². The summed E-state index contributed by atoms with van der Waals surface area (Å²) >= 11 is 0. The molecule has 0 aliphatic heterocycles. The zero-order valence-electron chi connectivity index (χ0n) is 8.29. The first-order chi connectivity index (χ1) is 6.65. The molecule has 14 heavy (non-hydrogen) atoms. The lowest BCUT2D eigenvalue weighted by Gasteiger charge is -2.01. The monoisotopic (exact) mass is 194 g/mol. The van der Waals surface area contributed by atoms with E-state index in [-0.39, 0.29) is 18.8 Å². The Morgan fingerprint density at radius 3 is 2.43 bits per heavy atom. The summed E-state index contributed by atoms with van der Waals surface area (Å²) in [5.74, 6) is -0.826. The van der Waals surface area contributed by atoms with Crippen molar-refractivity contribution in [3.8, 4) is 0 Å².